The van der Waals surface area contributed by atoms with Crippen LogP contribution in [0.3, 0.4) is 0 Å². The largest absolute Gasteiger partial charge is 0.504 e. The van der Waals surface area contributed by atoms with E-state index in [0.717, 1.165) is 0 Å². The average Bonchev–Trinajstić information content (AvgIpc) is 2.31. The van der Waals surface area contributed by atoms with Gasteiger partial charge in [-0.1, -0.05) is 13.8 Å². The number of hydrogen-bond acceptors (Lipinski definition) is 3. The number of nitrogens with one attached hydrogen (secondary N) is 1. The third kappa shape index (κ3) is 3.81. The highest BCUT2D eigenvalue weighted by molar-refractivity contribution is 6.17. The number of carbonyl (C=O) groups is 1. The lowest BCUT2D eigenvalue weighted by atomic mass is 10.0. The van der Waals surface area contributed by atoms with Crippen LogP contribution in [0.2, 0.25) is 0 Å². The quantitative estimate of drug-likeness (QED) is 0.569. The molecule has 1 unspecified atom stereocenters. The summed E-state index contributed by atoms with van der Waals surface area (Å²) in [7, 11) is 0. The van der Waals surface area contributed by atoms with E-state index in [-0.39, 0.29) is 29.4 Å². The number of aromatic hydroxyl groups is 2. The summed E-state index contributed by atoms with van der Waals surface area (Å²) in [5, 5.41) is 21.4. The van der Waals surface area contributed by atoms with Crippen LogP contribution in [0.25, 0.3) is 0 Å². The molecule has 0 spiro atoms. The van der Waals surface area contributed by atoms with Crippen LogP contribution >= 0.6 is 11.6 Å². The van der Waals surface area contributed by atoms with Crippen molar-refractivity contribution in [1.29, 1.82) is 0 Å². The third-order valence-corrected chi connectivity index (χ3v) is 3.00. The first-order valence-electron chi connectivity index (χ1n) is 5.84. The molecular weight excluding hydrogens is 254 g/mol. The van der Waals surface area contributed by atoms with E-state index in [4.69, 9.17) is 11.6 Å². The molecular formula is C13H18ClNO3. The number of alkyl halides is 1. The van der Waals surface area contributed by atoms with E-state index in [1.807, 2.05) is 13.8 Å². The molecule has 0 aliphatic rings. The number of benzene rings is 1. The lowest BCUT2D eigenvalue weighted by Gasteiger charge is -2.21. The Morgan fingerprint density at radius 2 is 2.00 bits per heavy atom. The monoisotopic (exact) mass is 271 g/mol. The van der Waals surface area contributed by atoms with Crippen molar-refractivity contribution in [2.24, 2.45) is 5.92 Å². The molecule has 1 atom stereocenters. The van der Waals surface area contributed by atoms with E-state index in [2.05, 4.69) is 5.32 Å². The van der Waals surface area contributed by atoms with E-state index in [9.17, 15) is 15.0 Å². The van der Waals surface area contributed by atoms with E-state index in [1.54, 1.807) is 0 Å². The highest BCUT2D eigenvalue weighted by atomic mass is 35.5. The minimum absolute atomic E-state index is 0.00838. The first-order chi connectivity index (χ1) is 8.45. The summed E-state index contributed by atoms with van der Waals surface area (Å²) >= 11 is 5.69. The van der Waals surface area contributed by atoms with Gasteiger partial charge in [0.15, 0.2) is 11.5 Å². The van der Waals surface area contributed by atoms with Crippen LogP contribution in [-0.2, 0) is 0 Å². The molecule has 0 saturated carbocycles. The summed E-state index contributed by atoms with van der Waals surface area (Å²) in [5.74, 6) is -0.0782. The maximum Gasteiger partial charge on any atom is 0.251 e. The van der Waals surface area contributed by atoms with Crippen LogP contribution in [0.15, 0.2) is 18.2 Å². The zero-order valence-electron chi connectivity index (χ0n) is 10.5. The fraction of sp³-hybridized carbons (Fsp3) is 0.462. The van der Waals surface area contributed by atoms with Crippen molar-refractivity contribution < 1.29 is 15.0 Å². The van der Waals surface area contributed by atoms with Crippen molar-refractivity contribution in [3.8, 4) is 11.5 Å². The minimum atomic E-state index is -0.305. The number of rotatable bonds is 5. The second-order valence-corrected chi connectivity index (χ2v) is 4.88. The molecule has 5 heteroatoms. The van der Waals surface area contributed by atoms with Gasteiger partial charge in [-0.2, -0.15) is 0 Å². The van der Waals surface area contributed by atoms with Gasteiger partial charge in [-0.15, -0.1) is 11.6 Å². The molecule has 0 fully saturated rings. The molecule has 0 bridgehead atoms. The molecule has 0 aliphatic heterocycles. The number of hydrogen-bond donors (Lipinski definition) is 3. The zero-order chi connectivity index (χ0) is 13.7. The molecule has 1 aromatic rings. The lowest BCUT2D eigenvalue weighted by Crippen LogP contribution is -2.38. The van der Waals surface area contributed by atoms with Gasteiger partial charge in [-0.25, -0.2) is 0 Å². The Labute approximate surface area is 112 Å². The van der Waals surface area contributed by atoms with E-state index >= 15 is 0 Å². The van der Waals surface area contributed by atoms with E-state index in [1.165, 1.54) is 18.2 Å². The van der Waals surface area contributed by atoms with E-state index < -0.39 is 0 Å². The molecule has 1 rings (SSSR count). The standard InChI is InChI=1S/C13H18ClNO3/c1-8(2)10(5-6-14)15-13(18)9-3-4-11(16)12(17)7-9/h3-4,7-8,10,16-17H,5-6H2,1-2H3,(H,15,18). The Morgan fingerprint density at radius 3 is 2.50 bits per heavy atom. The molecule has 1 aromatic carbocycles. The predicted octanol–water partition coefficient (Wildman–Crippen LogP) is 2.48. The first-order valence-corrected chi connectivity index (χ1v) is 6.38. The molecule has 0 aromatic heterocycles. The third-order valence-electron chi connectivity index (χ3n) is 2.78. The molecule has 0 saturated heterocycles. The van der Waals surface area contributed by atoms with Crippen molar-refractivity contribution in [2.45, 2.75) is 26.3 Å². The maximum absolute atomic E-state index is 12.0. The van der Waals surface area contributed by atoms with Crippen molar-refractivity contribution in [2.75, 3.05) is 5.88 Å². The van der Waals surface area contributed by atoms with Gasteiger partial charge in [0, 0.05) is 17.5 Å². The summed E-state index contributed by atoms with van der Waals surface area (Å²) < 4.78 is 0. The molecule has 18 heavy (non-hydrogen) atoms. The summed E-state index contributed by atoms with van der Waals surface area (Å²) in [5.41, 5.74) is 0.311. The van der Waals surface area contributed by atoms with Crippen molar-refractivity contribution in [1.82, 2.24) is 5.32 Å². The summed E-state index contributed by atoms with van der Waals surface area (Å²) in [4.78, 5) is 12.0. The van der Waals surface area contributed by atoms with Gasteiger partial charge in [0.2, 0.25) is 0 Å². The summed E-state index contributed by atoms with van der Waals surface area (Å²) in [6.07, 6.45) is 0.690. The second kappa shape index (κ2) is 6.50. The molecule has 0 aliphatic carbocycles. The maximum atomic E-state index is 12.0. The Morgan fingerprint density at radius 1 is 1.33 bits per heavy atom. The van der Waals surface area contributed by atoms with Gasteiger partial charge >= 0.3 is 0 Å². The van der Waals surface area contributed by atoms with Gasteiger partial charge in [-0.05, 0) is 30.5 Å². The van der Waals surface area contributed by atoms with Crippen LogP contribution in [-0.4, -0.2) is 28.0 Å². The molecule has 0 heterocycles. The van der Waals surface area contributed by atoms with Crippen molar-refractivity contribution in [3.63, 3.8) is 0 Å². The fourth-order valence-corrected chi connectivity index (χ4v) is 1.84. The Kier molecular flexibility index (Phi) is 5.28. The zero-order valence-corrected chi connectivity index (χ0v) is 11.2. The van der Waals surface area contributed by atoms with E-state index in [0.29, 0.717) is 17.9 Å². The first kappa shape index (κ1) is 14.6. The minimum Gasteiger partial charge on any atom is -0.504 e. The van der Waals surface area contributed by atoms with Gasteiger partial charge in [0.05, 0.1) is 0 Å². The molecule has 3 N–H and O–H groups in total. The van der Waals surface area contributed by atoms with Gasteiger partial charge in [-0.3, -0.25) is 4.79 Å². The van der Waals surface area contributed by atoms with Gasteiger partial charge in [0.1, 0.15) is 0 Å². The number of amides is 1. The lowest BCUT2D eigenvalue weighted by molar-refractivity contribution is 0.0924. The van der Waals surface area contributed by atoms with Gasteiger partial charge < -0.3 is 15.5 Å². The normalized spacial score (nSPS) is 12.4. The number of carbonyl (C=O) groups excluding carboxylic acids is 1. The highest BCUT2D eigenvalue weighted by Crippen LogP contribution is 2.24. The van der Waals surface area contributed by atoms with Crippen LogP contribution in [0.1, 0.15) is 30.6 Å². The van der Waals surface area contributed by atoms with Crippen LogP contribution in [0.5, 0.6) is 11.5 Å². The average molecular weight is 272 g/mol. The summed E-state index contributed by atoms with van der Waals surface area (Å²) in [6.45, 7) is 4.01. The Balaban J connectivity index is 2.77. The molecule has 1 amide bonds. The molecule has 0 radical (unpaired) electrons. The number of phenolic OH excluding ortho intramolecular Hbond substituents is 2. The van der Waals surface area contributed by atoms with Crippen LogP contribution in [0, 0.1) is 5.92 Å². The van der Waals surface area contributed by atoms with Crippen molar-refractivity contribution >= 4 is 17.5 Å². The fourth-order valence-electron chi connectivity index (χ4n) is 1.61. The summed E-state index contributed by atoms with van der Waals surface area (Å²) in [6, 6.07) is 3.98. The van der Waals surface area contributed by atoms with Crippen LogP contribution in [0.4, 0.5) is 0 Å². The molecule has 100 valence electrons. The van der Waals surface area contributed by atoms with Gasteiger partial charge in [0.25, 0.3) is 5.91 Å². The van der Waals surface area contributed by atoms with Crippen molar-refractivity contribution in [3.05, 3.63) is 23.8 Å². The highest BCUT2D eigenvalue weighted by Gasteiger charge is 2.17. The Bertz CT molecular complexity index is 421. The smallest absolute Gasteiger partial charge is 0.251 e. The number of halogens is 1. The second-order valence-electron chi connectivity index (χ2n) is 4.51. The number of phenols is 2. The topological polar surface area (TPSA) is 69.6 Å². The van der Waals surface area contributed by atoms with Crippen LogP contribution < -0.4 is 5.32 Å². The Hall–Kier alpha value is -1.42. The molecule has 4 nitrogen and oxygen atoms in total. The predicted molar refractivity (Wildman–Crippen MR) is 71.2 cm³/mol. The SMILES string of the molecule is CC(C)C(CCCl)NC(=O)c1ccc(O)c(O)c1.